The molecular formula is C41H35N9O6RuS2. The molecule has 0 atom stereocenters. The zero-order valence-electron chi connectivity index (χ0n) is 31.9. The van der Waals surface area contributed by atoms with E-state index in [0.717, 1.165) is 29.1 Å². The number of thiocarbonyl (C=S) groups is 1. The molecule has 0 aromatic carbocycles. The maximum absolute atomic E-state index is 11.5. The summed E-state index contributed by atoms with van der Waals surface area (Å²) in [6.07, 6.45) is 5.53. The van der Waals surface area contributed by atoms with Crippen LogP contribution in [-0.4, -0.2) is 73.0 Å². The number of aromatic nitrogens is 8. The molecule has 59 heavy (non-hydrogen) atoms. The van der Waals surface area contributed by atoms with Gasteiger partial charge in [0.25, 0.3) is 0 Å². The molecule has 0 aliphatic rings. The second-order valence-electron chi connectivity index (χ2n) is 12.8. The Balaban J connectivity index is 0.000000241. The summed E-state index contributed by atoms with van der Waals surface area (Å²) in [5, 5.41) is 44.5. The number of hydrogen-bond acceptors (Lipinski definition) is 11. The van der Waals surface area contributed by atoms with Crippen LogP contribution in [0.4, 0.5) is 0 Å². The summed E-state index contributed by atoms with van der Waals surface area (Å²) in [5.41, 5.74) is 4.80. The van der Waals surface area contributed by atoms with E-state index in [0.29, 0.717) is 17.6 Å². The van der Waals surface area contributed by atoms with Crippen LogP contribution in [0.15, 0.2) is 91.4 Å². The summed E-state index contributed by atoms with van der Waals surface area (Å²) in [6.45, 7) is 9.72. The van der Waals surface area contributed by atoms with Gasteiger partial charge in [-0.1, -0.05) is 26.1 Å². The number of rotatable bonds is 11. The molecule has 0 aliphatic carbocycles. The largest absolute Gasteiger partial charge is 2.00 e. The first kappa shape index (κ1) is 45.3. The van der Waals surface area contributed by atoms with Gasteiger partial charge in [0.1, 0.15) is 0 Å². The third-order valence-electron chi connectivity index (χ3n) is 8.32. The SMILES string of the molecule is CCn1c(CC(C)C)ccc1-c1ccc(-c2nc(-c3ccc(C)s3)n[n-]2)nc1.O=C(O)c1ccnc(-c2cc(C(=O)O)cc(-c3cc(C(=O)O)ccn3)n2)c1.[N-]=C=S.[Ru+2]. The van der Waals surface area contributed by atoms with Gasteiger partial charge in [0.15, 0.2) is 0 Å². The van der Waals surface area contributed by atoms with Crippen LogP contribution in [0, 0.1) is 12.8 Å². The fourth-order valence-corrected chi connectivity index (χ4v) is 6.54. The van der Waals surface area contributed by atoms with Crippen molar-refractivity contribution in [3.8, 4) is 56.3 Å². The Labute approximate surface area is 360 Å². The minimum atomic E-state index is -1.23. The fourth-order valence-electron chi connectivity index (χ4n) is 5.74. The Kier molecular flexibility index (Phi) is 16.0. The molecule has 7 rings (SSSR count). The number of carbonyl (C=O) groups is 3. The van der Waals surface area contributed by atoms with Gasteiger partial charge in [-0.05, 0) is 105 Å². The molecule has 7 heterocycles. The summed E-state index contributed by atoms with van der Waals surface area (Å²) in [5.74, 6) is -1.69. The van der Waals surface area contributed by atoms with E-state index in [2.05, 4.69) is 104 Å². The van der Waals surface area contributed by atoms with Crippen LogP contribution in [0.25, 0.3) is 61.7 Å². The van der Waals surface area contributed by atoms with Gasteiger partial charge in [0.2, 0.25) is 0 Å². The fraction of sp³-hybridized carbons (Fsp3) is 0.171. The molecule has 15 nitrogen and oxygen atoms in total. The van der Waals surface area contributed by atoms with Crippen molar-refractivity contribution in [2.24, 2.45) is 5.92 Å². The number of nitrogens with zero attached hydrogens (tertiary/aromatic N) is 9. The number of carboxylic acids is 3. The molecule has 0 spiro atoms. The van der Waals surface area contributed by atoms with Crippen molar-refractivity contribution < 1.29 is 49.2 Å². The molecule has 300 valence electrons. The molecule has 3 N–H and O–H groups in total. The molecule has 0 fully saturated rings. The third kappa shape index (κ3) is 11.6. The number of aromatic carboxylic acids is 3. The predicted octanol–water partition coefficient (Wildman–Crippen LogP) is 8.18. The van der Waals surface area contributed by atoms with Crippen LogP contribution in [-0.2, 0) is 32.4 Å². The van der Waals surface area contributed by atoms with Crippen LogP contribution in [0.2, 0.25) is 0 Å². The van der Waals surface area contributed by atoms with Gasteiger partial charge in [-0.2, -0.15) is 5.16 Å². The molecule has 0 aliphatic heterocycles. The molecule has 0 saturated heterocycles. The van der Waals surface area contributed by atoms with Crippen LogP contribution < -0.4 is 5.10 Å². The molecule has 0 saturated carbocycles. The van der Waals surface area contributed by atoms with E-state index in [1.54, 1.807) is 11.3 Å². The van der Waals surface area contributed by atoms with Crippen molar-refractivity contribution in [2.75, 3.05) is 0 Å². The average Bonchev–Trinajstić information content (AvgIpc) is 3.98. The molecule has 0 radical (unpaired) electrons. The van der Waals surface area contributed by atoms with Crippen molar-refractivity contribution in [1.82, 2.24) is 39.7 Å². The van der Waals surface area contributed by atoms with Gasteiger partial charge in [-0.25, -0.2) is 19.4 Å². The topological polar surface area (TPSA) is 231 Å². The molecule has 18 heteroatoms. The normalized spacial score (nSPS) is 10.3. The summed E-state index contributed by atoms with van der Waals surface area (Å²) in [7, 11) is 0. The van der Waals surface area contributed by atoms with E-state index in [9.17, 15) is 19.5 Å². The van der Waals surface area contributed by atoms with E-state index in [-0.39, 0.29) is 58.9 Å². The number of thiophene rings is 1. The maximum atomic E-state index is 11.5. The van der Waals surface area contributed by atoms with Crippen molar-refractivity contribution in [3.63, 3.8) is 0 Å². The average molecular weight is 915 g/mol. The van der Waals surface area contributed by atoms with Crippen LogP contribution >= 0.6 is 23.6 Å². The molecular weight excluding hydrogens is 880 g/mol. The second-order valence-corrected chi connectivity index (χ2v) is 14.3. The number of pyridine rings is 4. The summed E-state index contributed by atoms with van der Waals surface area (Å²) >= 11 is 5.37. The second kappa shape index (κ2) is 20.8. The molecule has 0 unspecified atom stereocenters. The number of hydrogen-bond donors (Lipinski definition) is 3. The molecule has 0 amide bonds. The van der Waals surface area contributed by atoms with Gasteiger partial charge in [0.05, 0.1) is 51.0 Å². The summed E-state index contributed by atoms with van der Waals surface area (Å²) in [4.78, 5) is 57.5. The van der Waals surface area contributed by atoms with Crippen molar-refractivity contribution in [2.45, 2.75) is 40.7 Å². The van der Waals surface area contributed by atoms with E-state index >= 15 is 0 Å². The maximum Gasteiger partial charge on any atom is 2.00 e. The Morgan fingerprint density at radius 1 is 0.797 bits per heavy atom. The Bertz CT molecular complexity index is 2540. The van der Waals surface area contributed by atoms with Gasteiger partial charge in [0, 0.05) is 51.8 Å². The molecule has 7 aromatic heterocycles. The first-order chi connectivity index (χ1) is 27.8. The molecule has 0 bridgehead atoms. The summed E-state index contributed by atoms with van der Waals surface area (Å²) in [6, 6.07) is 20.2. The van der Waals surface area contributed by atoms with Crippen molar-refractivity contribution in [3.05, 3.63) is 124 Å². The first-order valence-corrected chi connectivity index (χ1v) is 18.8. The van der Waals surface area contributed by atoms with Gasteiger partial charge >= 0.3 is 37.4 Å². The van der Waals surface area contributed by atoms with Crippen molar-refractivity contribution >= 4 is 46.6 Å². The summed E-state index contributed by atoms with van der Waals surface area (Å²) < 4.78 is 2.37. The zero-order chi connectivity index (χ0) is 41.9. The smallest absolute Gasteiger partial charge is 0.753 e. The van der Waals surface area contributed by atoms with E-state index in [4.69, 9.17) is 15.6 Å². The minimum absolute atomic E-state index is 0. The van der Waals surface area contributed by atoms with E-state index in [1.165, 1.54) is 70.2 Å². The number of isothiocyanates is 1. The first-order valence-electron chi connectivity index (χ1n) is 17.6. The quantitative estimate of drug-likeness (QED) is 0.0631. The number of aryl methyl sites for hydroxylation is 1. The van der Waals surface area contributed by atoms with Crippen LogP contribution in [0.1, 0.15) is 62.4 Å². The number of carboxylic acid groups (broad SMARTS) is 3. The van der Waals surface area contributed by atoms with Crippen molar-refractivity contribution in [1.29, 1.82) is 0 Å². The monoisotopic (exact) mass is 915 g/mol. The van der Waals surface area contributed by atoms with Gasteiger partial charge in [-0.15, -0.1) is 11.3 Å². The zero-order valence-corrected chi connectivity index (χ0v) is 35.3. The Morgan fingerprint density at radius 2 is 1.37 bits per heavy atom. The van der Waals surface area contributed by atoms with Gasteiger partial charge < -0.3 is 35.4 Å². The Morgan fingerprint density at radius 3 is 1.85 bits per heavy atom. The van der Waals surface area contributed by atoms with Crippen LogP contribution in [0.3, 0.4) is 0 Å². The van der Waals surface area contributed by atoms with E-state index in [1.807, 2.05) is 18.3 Å². The van der Waals surface area contributed by atoms with Gasteiger partial charge in [-0.3, -0.25) is 20.1 Å². The standard InChI is InChI=1S/C22H24N5S.C18H11N3O6.CNS.Ru/c1-5-27-17(12-14(2)3)8-10-19(27)16-7-9-18(23-13-16)21-24-22(26-25-21)20-11-6-15(4)28-20;22-16(23)9-1-3-19-12(5-9)14-7-11(18(26)27)8-15(21-14)13-6-10(17(24)25)2-4-20-13;2-1-3;/h6-11,13-14H,5,12H2,1-4H3;1-8H,(H,22,23)(H,24,25)(H,26,27);;/q-1;;-1;+2. The third-order valence-corrected chi connectivity index (χ3v) is 9.31. The molecule has 7 aromatic rings. The van der Waals surface area contributed by atoms with Crippen LogP contribution in [0.5, 0.6) is 0 Å². The Hall–Kier alpha value is -6.45. The van der Waals surface area contributed by atoms with E-state index < -0.39 is 17.9 Å². The minimum Gasteiger partial charge on any atom is -0.753 e. The predicted molar refractivity (Wildman–Crippen MR) is 222 cm³/mol.